The second kappa shape index (κ2) is 8.18. The van der Waals surface area contributed by atoms with E-state index in [2.05, 4.69) is 0 Å². The zero-order chi connectivity index (χ0) is 14.3. The number of rotatable bonds is 7. The van der Waals surface area contributed by atoms with Gasteiger partial charge >= 0.3 is 5.97 Å². The van der Waals surface area contributed by atoms with E-state index >= 15 is 0 Å². The number of hydrogen-bond donors (Lipinski definition) is 0. The maximum Gasteiger partial charge on any atom is 0.325 e. The summed E-state index contributed by atoms with van der Waals surface area (Å²) in [5.74, 6) is 0.473. The Hall–Kier alpha value is -1.06. The number of esters is 1. The van der Waals surface area contributed by atoms with E-state index < -0.39 is 0 Å². The van der Waals surface area contributed by atoms with Crippen LogP contribution in [0.15, 0.2) is 0 Å². The highest BCUT2D eigenvalue weighted by Gasteiger charge is 2.22. The Kier molecular flexibility index (Phi) is 6.89. The Morgan fingerprint density at radius 2 is 1.89 bits per heavy atom. The second-order valence-electron chi connectivity index (χ2n) is 5.61. The van der Waals surface area contributed by atoms with E-state index in [1.807, 2.05) is 13.8 Å². The largest absolute Gasteiger partial charge is 0.465 e. The van der Waals surface area contributed by atoms with Crippen LogP contribution in [0.3, 0.4) is 0 Å². The average Bonchev–Trinajstić information content (AvgIpc) is 2.86. The van der Waals surface area contributed by atoms with Gasteiger partial charge < -0.3 is 9.64 Å². The van der Waals surface area contributed by atoms with Gasteiger partial charge in [-0.3, -0.25) is 9.59 Å². The number of nitrogens with zero attached hydrogens (tertiary/aromatic N) is 1. The van der Waals surface area contributed by atoms with Crippen molar-refractivity contribution in [3.8, 4) is 0 Å². The lowest BCUT2D eigenvalue weighted by Crippen LogP contribution is -2.41. The molecule has 0 unspecified atom stereocenters. The summed E-state index contributed by atoms with van der Waals surface area (Å²) in [5, 5.41) is 0. The summed E-state index contributed by atoms with van der Waals surface area (Å²) < 4.78 is 4.92. The molecule has 0 N–H and O–H groups in total. The summed E-state index contributed by atoms with van der Waals surface area (Å²) in [6, 6.07) is 0.0421. The van der Waals surface area contributed by atoms with Crippen LogP contribution in [0.2, 0.25) is 0 Å². The third-order valence-electron chi connectivity index (χ3n) is 3.79. The minimum absolute atomic E-state index is 0.0421. The van der Waals surface area contributed by atoms with Crippen LogP contribution in [-0.4, -0.2) is 36.0 Å². The van der Waals surface area contributed by atoms with Gasteiger partial charge in [0.15, 0.2) is 0 Å². The molecule has 110 valence electrons. The van der Waals surface area contributed by atoms with E-state index in [1.165, 1.54) is 25.7 Å². The van der Waals surface area contributed by atoms with Gasteiger partial charge in [0.25, 0.3) is 0 Å². The van der Waals surface area contributed by atoms with Gasteiger partial charge in [-0.15, -0.1) is 0 Å². The quantitative estimate of drug-likeness (QED) is 0.668. The monoisotopic (exact) mass is 269 g/mol. The minimum Gasteiger partial charge on any atom is -0.465 e. The highest BCUT2D eigenvalue weighted by molar-refractivity contribution is 5.82. The third-order valence-corrected chi connectivity index (χ3v) is 3.79. The van der Waals surface area contributed by atoms with Crippen LogP contribution in [0.5, 0.6) is 0 Å². The van der Waals surface area contributed by atoms with E-state index in [4.69, 9.17) is 4.74 Å². The fourth-order valence-corrected chi connectivity index (χ4v) is 2.67. The number of hydrogen-bond acceptors (Lipinski definition) is 3. The molecule has 0 bridgehead atoms. The minimum atomic E-state index is -0.314. The molecule has 0 aromatic rings. The van der Waals surface area contributed by atoms with Gasteiger partial charge in [0.2, 0.25) is 5.91 Å². The van der Waals surface area contributed by atoms with Crippen molar-refractivity contribution < 1.29 is 14.3 Å². The van der Waals surface area contributed by atoms with E-state index in [1.54, 1.807) is 11.8 Å². The molecule has 19 heavy (non-hydrogen) atoms. The van der Waals surface area contributed by atoms with Gasteiger partial charge in [0, 0.05) is 12.5 Å². The van der Waals surface area contributed by atoms with Crippen molar-refractivity contribution in [2.45, 2.75) is 65.3 Å². The molecule has 0 saturated heterocycles. The zero-order valence-electron chi connectivity index (χ0n) is 12.5. The van der Waals surface area contributed by atoms with E-state index in [9.17, 15) is 9.59 Å². The van der Waals surface area contributed by atoms with Crippen molar-refractivity contribution in [1.82, 2.24) is 4.90 Å². The summed E-state index contributed by atoms with van der Waals surface area (Å²) in [4.78, 5) is 25.3. The maximum atomic E-state index is 12.2. The topological polar surface area (TPSA) is 46.6 Å². The predicted molar refractivity (Wildman–Crippen MR) is 74.7 cm³/mol. The standard InChI is InChI=1S/C15H27NO3/c1-4-19-15(18)11-16(12(2)3)14(17)10-9-13-7-5-6-8-13/h12-13H,4-11H2,1-3H3. The lowest BCUT2D eigenvalue weighted by Gasteiger charge is -2.26. The molecule has 1 saturated carbocycles. The Morgan fingerprint density at radius 1 is 1.26 bits per heavy atom. The number of amides is 1. The van der Waals surface area contributed by atoms with Gasteiger partial charge in [-0.05, 0) is 33.1 Å². The molecule has 1 aliphatic carbocycles. The van der Waals surface area contributed by atoms with Crippen molar-refractivity contribution in [3.05, 3.63) is 0 Å². The molecule has 0 aliphatic heterocycles. The number of carbonyl (C=O) groups excluding carboxylic acids is 2. The van der Waals surface area contributed by atoms with Crippen LogP contribution in [0.25, 0.3) is 0 Å². The van der Waals surface area contributed by atoms with Gasteiger partial charge in [0.05, 0.1) is 6.61 Å². The fourth-order valence-electron chi connectivity index (χ4n) is 2.67. The summed E-state index contributed by atoms with van der Waals surface area (Å²) in [5.41, 5.74) is 0. The molecule has 0 aromatic carbocycles. The first kappa shape index (κ1) is 16.0. The molecular formula is C15H27NO3. The summed E-state index contributed by atoms with van der Waals surface area (Å²) in [7, 11) is 0. The molecule has 1 aliphatic rings. The van der Waals surface area contributed by atoms with E-state index in [-0.39, 0.29) is 24.5 Å². The summed E-state index contributed by atoms with van der Waals surface area (Å²) in [6.07, 6.45) is 6.64. The fraction of sp³-hybridized carbons (Fsp3) is 0.867. The third kappa shape index (κ3) is 5.62. The Morgan fingerprint density at radius 3 is 2.42 bits per heavy atom. The smallest absolute Gasteiger partial charge is 0.325 e. The van der Waals surface area contributed by atoms with Crippen molar-refractivity contribution >= 4 is 11.9 Å². The molecule has 1 rings (SSSR count). The molecule has 0 spiro atoms. The van der Waals surface area contributed by atoms with Gasteiger partial charge in [-0.2, -0.15) is 0 Å². The van der Waals surface area contributed by atoms with E-state index in [0.29, 0.717) is 18.9 Å². The Bertz CT molecular complexity index is 296. The molecule has 0 heterocycles. The molecule has 1 fully saturated rings. The Labute approximate surface area is 116 Å². The normalized spacial score (nSPS) is 15.8. The molecule has 4 heteroatoms. The predicted octanol–water partition coefficient (Wildman–Crippen LogP) is 2.76. The van der Waals surface area contributed by atoms with Gasteiger partial charge in [-0.1, -0.05) is 25.7 Å². The summed E-state index contributed by atoms with van der Waals surface area (Å²) >= 11 is 0. The van der Waals surface area contributed by atoms with Crippen LogP contribution in [0.1, 0.15) is 59.3 Å². The van der Waals surface area contributed by atoms with Crippen molar-refractivity contribution in [3.63, 3.8) is 0 Å². The van der Waals surface area contributed by atoms with E-state index in [0.717, 1.165) is 6.42 Å². The first-order chi connectivity index (χ1) is 9.04. The zero-order valence-corrected chi connectivity index (χ0v) is 12.5. The second-order valence-corrected chi connectivity index (χ2v) is 5.61. The van der Waals surface area contributed by atoms with Crippen LogP contribution in [-0.2, 0) is 14.3 Å². The molecule has 0 aromatic heterocycles. The van der Waals surface area contributed by atoms with Crippen molar-refractivity contribution in [1.29, 1.82) is 0 Å². The average molecular weight is 269 g/mol. The molecule has 1 amide bonds. The summed E-state index contributed by atoms with van der Waals surface area (Å²) in [6.45, 7) is 6.09. The van der Waals surface area contributed by atoms with Crippen LogP contribution >= 0.6 is 0 Å². The molecule has 0 atom stereocenters. The van der Waals surface area contributed by atoms with Gasteiger partial charge in [-0.25, -0.2) is 0 Å². The highest BCUT2D eigenvalue weighted by Crippen LogP contribution is 2.28. The maximum absolute atomic E-state index is 12.2. The molecular weight excluding hydrogens is 242 g/mol. The first-order valence-corrected chi connectivity index (χ1v) is 7.49. The molecule has 4 nitrogen and oxygen atoms in total. The van der Waals surface area contributed by atoms with Gasteiger partial charge in [0.1, 0.15) is 6.54 Å². The number of carbonyl (C=O) groups is 2. The van der Waals surface area contributed by atoms with Crippen LogP contribution < -0.4 is 0 Å². The first-order valence-electron chi connectivity index (χ1n) is 7.49. The SMILES string of the molecule is CCOC(=O)CN(C(=O)CCC1CCCC1)C(C)C. The van der Waals surface area contributed by atoms with Crippen molar-refractivity contribution in [2.75, 3.05) is 13.2 Å². The lowest BCUT2D eigenvalue weighted by molar-refractivity contribution is -0.150. The van der Waals surface area contributed by atoms with Crippen LogP contribution in [0.4, 0.5) is 0 Å². The molecule has 0 radical (unpaired) electrons. The number of ether oxygens (including phenoxy) is 1. The highest BCUT2D eigenvalue weighted by atomic mass is 16.5. The van der Waals surface area contributed by atoms with Crippen LogP contribution in [0, 0.1) is 5.92 Å². The Balaban J connectivity index is 2.40. The lowest BCUT2D eigenvalue weighted by atomic mass is 10.0. The van der Waals surface area contributed by atoms with Crippen molar-refractivity contribution in [2.24, 2.45) is 5.92 Å².